The number of anilines is 1. The molecular formula is C33H48N6O. The van der Waals surface area contributed by atoms with E-state index in [2.05, 4.69) is 85.1 Å². The molecule has 2 fully saturated rings. The van der Waals surface area contributed by atoms with Crippen LogP contribution in [-0.4, -0.2) is 114 Å². The van der Waals surface area contributed by atoms with Gasteiger partial charge in [-0.15, -0.1) is 0 Å². The molecule has 3 aliphatic heterocycles. The highest BCUT2D eigenvalue weighted by molar-refractivity contribution is 5.89. The summed E-state index contributed by atoms with van der Waals surface area (Å²) in [6, 6.07) is 9.40. The Bertz CT molecular complexity index is 1230. The maximum atomic E-state index is 9.94. The number of fused-ring (bicyclic) bond motifs is 3. The van der Waals surface area contributed by atoms with Crippen LogP contribution in [0.2, 0.25) is 0 Å². The molecule has 1 aromatic carbocycles. The van der Waals surface area contributed by atoms with Crippen molar-refractivity contribution in [1.82, 2.24) is 24.2 Å². The fourth-order valence-corrected chi connectivity index (χ4v) is 6.80. The Kier molecular flexibility index (Phi) is 8.92. The zero-order valence-electron chi connectivity index (χ0n) is 24.4. The Morgan fingerprint density at radius 2 is 1.70 bits per heavy atom. The Morgan fingerprint density at radius 3 is 2.50 bits per heavy atom. The first kappa shape index (κ1) is 27.6. The Hall–Kier alpha value is -2.58. The molecule has 2 saturated heterocycles. The Balaban J connectivity index is 1.18. The highest BCUT2D eigenvalue weighted by Gasteiger charge is 2.25. The number of piperazine rings is 1. The van der Waals surface area contributed by atoms with Crippen LogP contribution in [0.3, 0.4) is 0 Å². The van der Waals surface area contributed by atoms with E-state index in [0.29, 0.717) is 0 Å². The second-order valence-electron chi connectivity index (χ2n) is 12.2. The largest absolute Gasteiger partial charge is 0.393 e. The van der Waals surface area contributed by atoms with Crippen molar-refractivity contribution in [2.45, 2.75) is 44.8 Å². The number of piperidine rings is 1. The summed E-state index contributed by atoms with van der Waals surface area (Å²) in [5.41, 5.74) is 6.77. The third-order valence-corrected chi connectivity index (χ3v) is 9.28. The number of rotatable bonds is 8. The summed E-state index contributed by atoms with van der Waals surface area (Å²) in [6.07, 6.45) is 14.0. The first-order valence-corrected chi connectivity index (χ1v) is 15.6. The minimum absolute atomic E-state index is 0.113. The van der Waals surface area contributed by atoms with E-state index >= 15 is 0 Å². The third kappa shape index (κ3) is 6.49. The molecule has 0 amide bonds. The average molecular weight is 545 g/mol. The number of aliphatic hydroxyl groups is 1. The molecule has 0 bridgehead atoms. The van der Waals surface area contributed by atoms with Gasteiger partial charge in [-0.25, -0.2) is 0 Å². The smallest absolute Gasteiger partial charge is 0.0658 e. The topological polar surface area (TPSA) is 50.2 Å². The van der Waals surface area contributed by atoms with Crippen molar-refractivity contribution in [3.05, 3.63) is 59.8 Å². The van der Waals surface area contributed by atoms with E-state index < -0.39 is 0 Å². The quantitative estimate of drug-likeness (QED) is 0.489. The van der Waals surface area contributed by atoms with E-state index in [1.165, 1.54) is 72.7 Å². The molecule has 2 aromatic rings. The number of hydrogen-bond acceptors (Lipinski definition) is 6. The van der Waals surface area contributed by atoms with Crippen LogP contribution in [-0.2, 0) is 6.54 Å². The Morgan fingerprint density at radius 1 is 0.875 bits per heavy atom. The van der Waals surface area contributed by atoms with Crippen LogP contribution in [0.4, 0.5) is 5.69 Å². The number of likely N-dealkylation sites (tertiary alicyclic amines) is 1. The maximum Gasteiger partial charge on any atom is 0.0658 e. The van der Waals surface area contributed by atoms with Crippen molar-refractivity contribution >= 4 is 22.3 Å². The van der Waals surface area contributed by atoms with Gasteiger partial charge in [-0.3, -0.25) is 0 Å². The monoisotopic (exact) mass is 544 g/mol. The van der Waals surface area contributed by atoms with Crippen LogP contribution >= 0.6 is 0 Å². The summed E-state index contributed by atoms with van der Waals surface area (Å²) in [5.74, 6) is 0. The zero-order chi connectivity index (χ0) is 27.3. The van der Waals surface area contributed by atoms with Gasteiger partial charge in [-0.1, -0.05) is 24.3 Å². The van der Waals surface area contributed by atoms with Crippen LogP contribution in [0.15, 0.2) is 54.1 Å². The lowest BCUT2D eigenvalue weighted by atomic mass is 10.0. The summed E-state index contributed by atoms with van der Waals surface area (Å²) < 4.78 is 2.57. The summed E-state index contributed by atoms with van der Waals surface area (Å²) in [5, 5.41) is 15.0. The van der Waals surface area contributed by atoms with Gasteiger partial charge in [0.25, 0.3) is 0 Å². The molecule has 4 heterocycles. The average Bonchev–Trinajstić information content (AvgIpc) is 3.23. The van der Waals surface area contributed by atoms with Gasteiger partial charge in [-0.05, 0) is 75.5 Å². The minimum atomic E-state index is -0.113. The molecule has 1 aromatic heterocycles. The fraction of sp³-hybridized carbons (Fsp3) is 0.576. The normalized spacial score (nSPS) is 23.6. The molecule has 0 radical (unpaired) electrons. The van der Waals surface area contributed by atoms with Crippen molar-refractivity contribution in [2.24, 2.45) is 0 Å². The van der Waals surface area contributed by atoms with Gasteiger partial charge in [0.1, 0.15) is 0 Å². The van der Waals surface area contributed by atoms with Gasteiger partial charge in [0.15, 0.2) is 0 Å². The van der Waals surface area contributed by atoms with E-state index in [0.717, 1.165) is 71.5 Å². The zero-order valence-corrected chi connectivity index (χ0v) is 24.4. The van der Waals surface area contributed by atoms with Gasteiger partial charge in [0.05, 0.1) is 17.5 Å². The number of hydrogen-bond donors (Lipinski definition) is 2. The predicted molar refractivity (Wildman–Crippen MR) is 167 cm³/mol. The van der Waals surface area contributed by atoms with Crippen molar-refractivity contribution < 1.29 is 5.11 Å². The van der Waals surface area contributed by atoms with Crippen molar-refractivity contribution in [1.29, 1.82) is 0 Å². The van der Waals surface area contributed by atoms with E-state index in [9.17, 15) is 5.11 Å². The first-order chi connectivity index (χ1) is 19.6. The number of nitrogens with zero attached hydrogens (tertiary/aromatic N) is 5. The van der Waals surface area contributed by atoms with E-state index in [1.807, 2.05) is 0 Å². The molecule has 0 unspecified atom stereocenters. The van der Waals surface area contributed by atoms with Gasteiger partial charge < -0.3 is 34.6 Å². The molecule has 7 heteroatoms. The molecule has 216 valence electrons. The van der Waals surface area contributed by atoms with E-state index in [4.69, 9.17) is 0 Å². The van der Waals surface area contributed by atoms with Gasteiger partial charge in [0.2, 0.25) is 0 Å². The number of aliphatic hydroxyl groups excluding tert-OH is 1. The summed E-state index contributed by atoms with van der Waals surface area (Å²) in [6.45, 7) is 13.2. The second kappa shape index (κ2) is 12.9. The second-order valence-corrected chi connectivity index (χ2v) is 12.2. The van der Waals surface area contributed by atoms with Crippen molar-refractivity contribution in [3.63, 3.8) is 0 Å². The first-order valence-electron chi connectivity index (χ1n) is 15.6. The van der Waals surface area contributed by atoms with E-state index in [1.54, 1.807) is 0 Å². The molecule has 0 spiro atoms. The number of benzene rings is 1. The molecule has 4 aliphatic rings. The third-order valence-electron chi connectivity index (χ3n) is 9.28. The molecule has 0 saturated carbocycles. The maximum absolute atomic E-state index is 9.94. The lowest BCUT2D eigenvalue weighted by Gasteiger charge is -2.33. The van der Waals surface area contributed by atoms with Crippen LogP contribution in [0, 0.1) is 0 Å². The summed E-state index contributed by atoms with van der Waals surface area (Å²) >= 11 is 0. The van der Waals surface area contributed by atoms with Crippen LogP contribution in [0.1, 0.15) is 37.8 Å². The van der Waals surface area contributed by atoms with E-state index in [-0.39, 0.29) is 6.10 Å². The molecule has 7 nitrogen and oxygen atoms in total. The standard InChI is InChI=1S/C33H48N6O/c1-35-19-21-36(22-20-35)14-5-13-34-29-9-10-31-28(25-29)26-32-33(27-7-3-2-4-8-27)38(15-6-16-39(31)32)24-23-37-17-11-30(40)12-18-37/h2-4,7,9-10,25-26,30,34,40H,5-6,8,11-24H2,1H3/b33-27+. The van der Waals surface area contributed by atoms with Gasteiger partial charge >= 0.3 is 0 Å². The van der Waals surface area contributed by atoms with Crippen molar-refractivity contribution in [3.8, 4) is 0 Å². The van der Waals surface area contributed by atoms with Crippen LogP contribution < -0.4 is 5.32 Å². The fourth-order valence-electron chi connectivity index (χ4n) is 6.80. The van der Waals surface area contributed by atoms with Gasteiger partial charge in [0, 0.05) is 88.6 Å². The molecular weight excluding hydrogens is 496 g/mol. The lowest BCUT2D eigenvalue weighted by molar-refractivity contribution is 0.0797. The molecule has 0 atom stereocenters. The number of aromatic nitrogens is 1. The molecule has 6 rings (SSSR count). The summed E-state index contributed by atoms with van der Waals surface area (Å²) in [4.78, 5) is 10.2. The molecule has 2 N–H and O–H groups in total. The van der Waals surface area contributed by atoms with Crippen molar-refractivity contribution in [2.75, 3.05) is 84.4 Å². The van der Waals surface area contributed by atoms with Crippen LogP contribution in [0.5, 0.6) is 0 Å². The van der Waals surface area contributed by atoms with Gasteiger partial charge in [-0.2, -0.15) is 0 Å². The highest BCUT2D eigenvalue weighted by Crippen LogP contribution is 2.35. The highest BCUT2D eigenvalue weighted by atomic mass is 16.3. The number of likely N-dealkylation sites (N-methyl/N-ethyl adjacent to an activating group) is 1. The number of aryl methyl sites for hydroxylation is 1. The SMILES string of the molecule is CN1CCN(CCCNc2ccc3c(c2)cc2n3CCCN(CCN3CCC(O)CC3)/C2=C2\C=CC=CC2)CC1. The Labute approximate surface area is 240 Å². The predicted octanol–water partition coefficient (Wildman–Crippen LogP) is 4.08. The summed E-state index contributed by atoms with van der Waals surface area (Å²) in [7, 11) is 2.22. The van der Waals surface area contributed by atoms with Crippen LogP contribution in [0.25, 0.3) is 16.6 Å². The lowest BCUT2D eigenvalue weighted by Crippen LogP contribution is -2.44. The molecule has 40 heavy (non-hydrogen) atoms. The minimum Gasteiger partial charge on any atom is -0.393 e. The molecule has 1 aliphatic carbocycles. The number of nitrogens with one attached hydrogen (secondary N) is 1. The number of allylic oxidation sites excluding steroid dienone is 5.